The Hall–Kier alpha value is -2.19. The number of carbonyl (C=O) groups is 1. The van der Waals surface area contributed by atoms with Gasteiger partial charge in [-0.1, -0.05) is 12.1 Å². The second kappa shape index (κ2) is 7.33. The van der Waals surface area contributed by atoms with Crippen LogP contribution < -0.4 is 5.56 Å². The third-order valence-corrected chi connectivity index (χ3v) is 7.44. The van der Waals surface area contributed by atoms with Crippen LogP contribution in [0.3, 0.4) is 0 Å². The number of nitrogens with zero attached hydrogens (tertiary/aromatic N) is 4. The number of carbonyl (C=O) groups excluding carboxylic acids is 1. The van der Waals surface area contributed by atoms with Crippen molar-refractivity contribution in [2.75, 3.05) is 12.3 Å². The molecule has 1 saturated heterocycles. The molecular weight excluding hydrogens is 392 g/mol. The fourth-order valence-corrected chi connectivity index (χ4v) is 5.84. The summed E-state index contributed by atoms with van der Waals surface area (Å²) in [7, 11) is 0. The number of rotatable bonds is 3. The zero-order valence-electron chi connectivity index (χ0n) is 15.3. The molecule has 0 radical (unpaired) electrons. The first kappa shape index (κ1) is 17.9. The van der Waals surface area contributed by atoms with Crippen LogP contribution in [0.5, 0.6) is 0 Å². The molecule has 1 atom stereocenters. The number of aryl methyl sites for hydroxylation is 1. The van der Waals surface area contributed by atoms with Crippen LogP contribution in [0.4, 0.5) is 0 Å². The summed E-state index contributed by atoms with van der Waals surface area (Å²) in [4.78, 5) is 32.0. The largest absolute Gasteiger partial charge is 0.332 e. The second-order valence-corrected chi connectivity index (χ2v) is 9.36. The molecule has 2 aromatic heterocycles. The minimum absolute atomic E-state index is 0.0132. The summed E-state index contributed by atoms with van der Waals surface area (Å²) in [6.07, 6.45) is 2.73. The maximum absolute atomic E-state index is 13.1. The quantitative estimate of drug-likeness (QED) is 0.662. The standard InChI is InChI=1S/C20H20N4O2S2/c25-18-10-13-12-27-9-7-15(13)22-24(18)11-14-4-3-8-23(14)20(26)19-21-16-5-1-2-6-17(16)28-19/h1-2,5-6,10,14H,3-4,7-9,11-12H2. The zero-order valence-corrected chi connectivity index (χ0v) is 17.0. The van der Waals surface area contributed by atoms with E-state index in [1.54, 1.807) is 10.7 Å². The molecule has 144 valence electrons. The number of hydrogen-bond acceptors (Lipinski definition) is 6. The Balaban J connectivity index is 1.39. The van der Waals surface area contributed by atoms with Crippen molar-refractivity contribution in [3.8, 4) is 0 Å². The number of amides is 1. The van der Waals surface area contributed by atoms with E-state index in [4.69, 9.17) is 0 Å². The highest BCUT2D eigenvalue weighted by molar-refractivity contribution is 7.98. The van der Waals surface area contributed by atoms with Crippen LogP contribution in [0.1, 0.15) is 33.9 Å². The molecule has 5 rings (SSSR count). The van der Waals surface area contributed by atoms with E-state index < -0.39 is 0 Å². The van der Waals surface area contributed by atoms with Crippen LogP contribution in [0.15, 0.2) is 35.1 Å². The molecule has 1 amide bonds. The SMILES string of the molecule is O=C(c1nc2ccccc2s1)N1CCCC1Cn1nc2c(cc1=O)CSCC2. The lowest BCUT2D eigenvalue weighted by Gasteiger charge is -2.24. The van der Waals surface area contributed by atoms with E-state index in [1.807, 2.05) is 40.9 Å². The van der Waals surface area contributed by atoms with Crippen LogP contribution >= 0.6 is 23.1 Å². The van der Waals surface area contributed by atoms with Gasteiger partial charge in [0.2, 0.25) is 0 Å². The molecule has 0 saturated carbocycles. The molecule has 2 aliphatic heterocycles. The molecule has 0 aliphatic carbocycles. The summed E-state index contributed by atoms with van der Waals surface area (Å²) in [5, 5.41) is 5.14. The molecule has 0 spiro atoms. The number of aromatic nitrogens is 3. The van der Waals surface area contributed by atoms with Gasteiger partial charge in [0.1, 0.15) is 0 Å². The van der Waals surface area contributed by atoms with E-state index in [0.717, 1.165) is 52.2 Å². The maximum atomic E-state index is 13.1. The Bertz CT molecular complexity index is 1070. The molecule has 0 bridgehead atoms. The van der Waals surface area contributed by atoms with E-state index in [9.17, 15) is 9.59 Å². The van der Waals surface area contributed by atoms with Gasteiger partial charge in [0.15, 0.2) is 5.01 Å². The summed E-state index contributed by atoms with van der Waals surface area (Å²) in [5.41, 5.74) is 2.88. The molecule has 4 heterocycles. The molecule has 0 N–H and O–H groups in total. The van der Waals surface area contributed by atoms with Crippen LogP contribution in [-0.4, -0.2) is 43.9 Å². The lowest BCUT2D eigenvalue weighted by atomic mass is 10.2. The van der Waals surface area contributed by atoms with E-state index in [1.165, 1.54) is 11.3 Å². The van der Waals surface area contributed by atoms with Gasteiger partial charge in [0.25, 0.3) is 11.5 Å². The molecule has 3 aromatic rings. The highest BCUT2D eigenvalue weighted by Crippen LogP contribution is 2.27. The first-order valence-corrected chi connectivity index (χ1v) is 11.5. The topological polar surface area (TPSA) is 68.1 Å². The molecular formula is C20H20N4O2S2. The van der Waals surface area contributed by atoms with E-state index >= 15 is 0 Å². The van der Waals surface area contributed by atoms with Gasteiger partial charge in [-0.05, 0) is 36.3 Å². The lowest BCUT2D eigenvalue weighted by Crippen LogP contribution is -2.41. The van der Waals surface area contributed by atoms with Crippen molar-refractivity contribution in [2.24, 2.45) is 0 Å². The van der Waals surface area contributed by atoms with Gasteiger partial charge in [0, 0.05) is 24.8 Å². The Morgan fingerprint density at radius 3 is 3.07 bits per heavy atom. The molecule has 28 heavy (non-hydrogen) atoms. The smallest absolute Gasteiger partial charge is 0.283 e. The molecule has 6 nitrogen and oxygen atoms in total. The fraction of sp³-hybridized carbons (Fsp3) is 0.400. The minimum atomic E-state index is -0.0689. The molecule has 1 unspecified atom stereocenters. The van der Waals surface area contributed by atoms with Crippen molar-refractivity contribution in [2.45, 2.75) is 37.6 Å². The van der Waals surface area contributed by atoms with Gasteiger partial charge in [-0.25, -0.2) is 9.67 Å². The van der Waals surface area contributed by atoms with Gasteiger partial charge in [-0.3, -0.25) is 9.59 Å². The first-order valence-electron chi connectivity index (χ1n) is 9.53. The van der Waals surface area contributed by atoms with Crippen molar-refractivity contribution in [3.05, 3.63) is 57.0 Å². The summed E-state index contributed by atoms with van der Waals surface area (Å²) in [5.74, 6) is 1.87. The van der Waals surface area contributed by atoms with Gasteiger partial charge in [-0.15, -0.1) is 11.3 Å². The van der Waals surface area contributed by atoms with E-state index in [0.29, 0.717) is 18.1 Å². The minimum Gasteiger partial charge on any atom is -0.332 e. The number of thioether (sulfide) groups is 1. The van der Waals surface area contributed by atoms with E-state index in [-0.39, 0.29) is 17.5 Å². The highest BCUT2D eigenvalue weighted by Gasteiger charge is 2.32. The summed E-state index contributed by atoms with van der Waals surface area (Å²) < 4.78 is 2.58. The average Bonchev–Trinajstić information content (AvgIpc) is 3.34. The Morgan fingerprint density at radius 2 is 2.18 bits per heavy atom. The number of benzene rings is 1. The highest BCUT2D eigenvalue weighted by atomic mass is 32.2. The summed E-state index contributed by atoms with van der Waals surface area (Å²) in [6.45, 7) is 1.16. The predicted molar refractivity (Wildman–Crippen MR) is 112 cm³/mol. The number of para-hydroxylation sites is 1. The van der Waals surface area contributed by atoms with Crippen molar-refractivity contribution in [3.63, 3.8) is 0 Å². The van der Waals surface area contributed by atoms with Crippen LogP contribution in [0.2, 0.25) is 0 Å². The van der Waals surface area contributed by atoms with Crippen molar-refractivity contribution in [1.29, 1.82) is 0 Å². The maximum Gasteiger partial charge on any atom is 0.283 e. The molecule has 1 aromatic carbocycles. The number of fused-ring (bicyclic) bond motifs is 2. The molecule has 8 heteroatoms. The van der Waals surface area contributed by atoms with Crippen molar-refractivity contribution >= 4 is 39.2 Å². The van der Waals surface area contributed by atoms with Gasteiger partial charge in [-0.2, -0.15) is 16.9 Å². The first-order chi connectivity index (χ1) is 13.7. The fourth-order valence-electron chi connectivity index (χ4n) is 3.96. The Kier molecular flexibility index (Phi) is 4.68. The Morgan fingerprint density at radius 1 is 1.29 bits per heavy atom. The van der Waals surface area contributed by atoms with Crippen LogP contribution in [0.25, 0.3) is 10.2 Å². The third kappa shape index (κ3) is 3.24. The van der Waals surface area contributed by atoms with Crippen LogP contribution in [0, 0.1) is 0 Å². The summed E-state index contributed by atoms with van der Waals surface area (Å²) in [6, 6.07) is 9.52. The average molecular weight is 413 g/mol. The number of likely N-dealkylation sites (tertiary alicyclic amines) is 1. The third-order valence-electron chi connectivity index (χ3n) is 5.40. The monoisotopic (exact) mass is 412 g/mol. The van der Waals surface area contributed by atoms with Gasteiger partial charge in [0.05, 0.1) is 28.5 Å². The van der Waals surface area contributed by atoms with E-state index in [2.05, 4.69) is 10.1 Å². The van der Waals surface area contributed by atoms with Gasteiger partial charge < -0.3 is 4.90 Å². The number of thiazole rings is 1. The zero-order chi connectivity index (χ0) is 19.1. The lowest BCUT2D eigenvalue weighted by molar-refractivity contribution is 0.0720. The molecule has 1 fully saturated rings. The van der Waals surface area contributed by atoms with Crippen molar-refractivity contribution in [1.82, 2.24) is 19.7 Å². The van der Waals surface area contributed by atoms with Crippen LogP contribution in [-0.2, 0) is 18.7 Å². The van der Waals surface area contributed by atoms with Gasteiger partial charge >= 0.3 is 0 Å². The second-order valence-electron chi connectivity index (χ2n) is 7.22. The predicted octanol–water partition coefficient (Wildman–Crippen LogP) is 2.95. The summed E-state index contributed by atoms with van der Waals surface area (Å²) >= 11 is 3.28. The normalized spacial score (nSPS) is 19.1. The number of hydrogen-bond donors (Lipinski definition) is 0. The van der Waals surface area contributed by atoms with Crippen molar-refractivity contribution < 1.29 is 4.79 Å². The Labute approximate surface area is 170 Å². The molecule has 2 aliphatic rings.